The first-order valence-corrected chi connectivity index (χ1v) is 15.7. The van der Waals surface area contributed by atoms with E-state index >= 15 is 0 Å². The van der Waals surface area contributed by atoms with Crippen LogP contribution >= 0.6 is 0 Å². The van der Waals surface area contributed by atoms with E-state index in [0.717, 1.165) is 50.3 Å². The number of carbonyl (C=O) groups excluding carboxylic acids is 2. The van der Waals surface area contributed by atoms with E-state index < -0.39 is 17.8 Å². The maximum absolute atomic E-state index is 13.3. The molecule has 0 spiro atoms. The molecule has 0 saturated heterocycles. The molecule has 0 unspecified atom stereocenters. The van der Waals surface area contributed by atoms with Crippen LogP contribution in [-0.2, 0) is 41.9 Å². The molecule has 0 fully saturated rings. The van der Waals surface area contributed by atoms with Gasteiger partial charge in [-0.2, -0.15) is 0 Å². The third-order valence-electron chi connectivity index (χ3n) is 8.87. The smallest absolute Gasteiger partial charge is 0.317 e. The van der Waals surface area contributed by atoms with Crippen LogP contribution in [0, 0.1) is 13.8 Å². The number of hydrogen-bond donors (Lipinski definition) is 3. The number of ketones is 1. The van der Waals surface area contributed by atoms with Crippen LogP contribution in [0.3, 0.4) is 0 Å². The number of nitrogens with one attached hydrogen (secondary N) is 1. The third kappa shape index (κ3) is 7.11. The molecule has 0 atom stereocenters. The Morgan fingerprint density at radius 2 is 1.29 bits per heavy atom. The van der Waals surface area contributed by atoms with Crippen LogP contribution in [-0.4, -0.2) is 89.8 Å². The lowest BCUT2D eigenvalue weighted by atomic mass is 9.91. The number of Topliss-reactive ketones (excluding diaryl/α,β-unsaturated/α-hetero) is 1. The summed E-state index contributed by atoms with van der Waals surface area (Å²) in [6, 6.07) is 11.4. The molecule has 0 radical (unpaired) electrons. The van der Waals surface area contributed by atoms with E-state index in [1.54, 1.807) is 17.3 Å². The lowest BCUT2D eigenvalue weighted by molar-refractivity contribution is -0.139. The molecule has 2 aliphatic rings. The molecule has 2 aromatic carbocycles. The summed E-state index contributed by atoms with van der Waals surface area (Å²) in [6.07, 6.45) is 4.42. The number of anilines is 1. The second kappa shape index (κ2) is 13.8. The van der Waals surface area contributed by atoms with E-state index in [0.29, 0.717) is 44.7 Å². The van der Waals surface area contributed by atoms with E-state index in [2.05, 4.69) is 25.3 Å². The normalized spacial score (nSPS) is 14.5. The van der Waals surface area contributed by atoms with Crippen molar-refractivity contribution in [2.45, 2.75) is 46.2 Å². The summed E-state index contributed by atoms with van der Waals surface area (Å²) in [4.78, 5) is 70.0. The van der Waals surface area contributed by atoms with Gasteiger partial charge >= 0.3 is 11.9 Å². The van der Waals surface area contributed by atoms with Crippen molar-refractivity contribution in [1.82, 2.24) is 29.7 Å². The molecule has 1 amide bonds. The minimum atomic E-state index is -0.891. The van der Waals surface area contributed by atoms with E-state index in [-0.39, 0.29) is 36.9 Å². The number of amides is 1. The number of carbonyl (C=O) groups is 4. The zero-order valence-corrected chi connectivity index (χ0v) is 26.7. The lowest BCUT2D eigenvalue weighted by Gasteiger charge is -2.26. The van der Waals surface area contributed by atoms with E-state index in [1.165, 1.54) is 0 Å². The Morgan fingerprint density at radius 1 is 0.750 bits per heavy atom. The molecule has 3 N–H and O–H groups in total. The van der Waals surface area contributed by atoms with Crippen LogP contribution in [0.2, 0.25) is 0 Å². The lowest BCUT2D eigenvalue weighted by Crippen LogP contribution is -2.35. The predicted molar refractivity (Wildman–Crippen MR) is 175 cm³/mol. The quantitative estimate of drug-likeness (QED) is 0.214. The summed E-state index contributed by atoms with van der Waals surface area (Å²) in [5.41, 5.74) is 8.21. The molecule has 4 aromatic rings. The zero-order chi connectivity index (χ0) is 33.9. The fourth-order valence-corrected chi connectivity index (χ4v) is 6.31. The van der Waals surface area contributed by atoms with Gasteiger partial charge in [0.05, 0.1) is 24.5 Å². The van der Waals surface area contributed by atoms with Crippen LogP contribution in [0.15, 0.2) is 48.8 Å². The molecule has 246 valence electrons. The SMILES string of the molecule is Cc1c(CC(=O)c2ncc3c(n2)CCN(CC(=O)O)C3)cccc1-c1cccc(NC(=O)c2ncc3c(n2)CCN(CC(=O)O)C3)c1C. The molecule has 13 heteroatoms. The average molecular weight is 650 g/mol. The Labute approximate surface area is 276 Å². The molecule has 4 heterocycles. The van der Waals surface area contributed by atoms with Crippen molar-refractivity contribution in [1.29, 1.82) is 0 Å². The van der Waals surface area contributed by atoms with Gasteiger partial charge in [0, 0.05) is 74.6 Å². The van der Waals surface area contributed by atoms with Crippen molar-refractivity contribution in [3.63, 3.8) is 0 Å². The number of rotatable bonds is 10. The maximum atomic E-state index is 13.3. The molecule has 0 bridgehead atoms. The van der Waals surface area contributed by atoms with Gasteiger partial charge in [0.1, 0.15) is 0 Å². The Kier molecular flexibility index (Phi) is 9.33. The standard InChI is InChI=1S/C35H35N7O6/c1-20-22(13-30(43)33-36-14-23-16-41(18-31(44)45)11-9-28(23)38-33)5-3-6-25(20)26-7-4-8-27(21(26)2)40-35(48)34-37-15-24-17-42(19-32(46)47)12-10-29(24)39-34/h3-8,14-15H,9-13,16-19H2,1-2H3,(H,40,48)(H,44,45)(H,46,47). The zero-order valence-electron chi connectivity index (χ0n) is 26.7. The van der Waals surface area contributed by atoms with Crippen LogP contribution in [0.4, 0.5) is 5.69 Å². The molecule has 0 saturated carbocycles. The molecular formula is C35H35N7O6. The monoisotopic (exact) mass is 649 g/mol. The van der Waals surface area contributed by atoms with Gasteiger partial charge in [0.25, 0.3) is 5.91 Å². The molecular weight excluding hydrogens is 614 g/mol. The third-order valence-corrected chi connectivity index (χ3v) is 8.87. The van der Waals surface area contributed by atoms with Gasteiger partial charge in [-0.15, -0.1) is 0 Å². The molecule has 48 heavy (non-hydrogen) atoms. The van der Waals surface area contributed by atoms with Crippen LogP contribution in [0.1, 0.15) is 60.4 Å². The topological polar surface area (TPSA) is 179 Å². The first-order valence-electron chi connectivity index (χ1n) is 15.7. The molecule has 6 rings (SSSR count). The first kappa shape index (κ1) is 32.5. The number of hydrogen-bond acceptors (Lipinski definition) is 10. The van der Waals surface area contributed by atoms with Crippen molar-refractivity contribution >= 4 is 29.3 Å². The van der Waals surface area contributed by atoms with Gasteiger partial charge in [-0.25, -0.2) is 19.9 Å². The van der Waals surface area contributed by atoms with Gasteiger partial charge in [0.2, 0.25) is 11.6 Å². The highest BCUT2D eigenvalue weighted by Crippen LogP contribution is 2.33. The van der Waals surface area contributed by atoms with Crippen molar-refractivity contribution in [3.8, 4) is 11.1 Å². The highest BCUT2D eigenvalue weighted by molar-refractivity contribution is 6.02. The number of aromatic nitrogens is 4. The van der Waals surface area contributed by atoms with E-state index in [4.69, 9.17) is 10.2 Å². The number of benzene rings is 2. The van der Waals surface area contributed by atoms with Crippen LogP contribution < -0.4 is 5.32 Å². The van der Waals surface area contributed by atoms with Gasteiger partial charge < -0.3 is 15.5 Å². The van der Waals surface area contributed by atoms with Gasteiger partial charge in [-0.05, 0) is 47.7 Å². The van der Waals surface area contributed by atoms with E-state index in [1.807, 2.05) is 55.1 Å². The van der Waals surface area contributed by atoms with Crippen molar-refractivity contribution in [2.75, 3.05) is 31.5 Å². The summed E-state index contributed by atoms with van der Waals surface area (Å²) in [6.45, 7) is 5.73. The highest BCUT2D eigenvalue weighted by Gasteiger charge is 2.24. The largest absolute Gasteiger partial charge is 0.480 e. The molecule has 2 aliphatic heterocycles. The Morgan fingerprint density at radius 3 is 1.90 bits per heavy atom. The molecule has 13 nitrogen and oxygen atoms in total. The van der Waals surface area contributed by atoms with Crippen molar-refractivity contribution in [2.24, 2.45) is 0 Å². The second-order valence-electron chi connectivity index (χ2n) is 12.2. The van der Waals surface area contributed by atoms with Crippen molar-refractivity contribution < 1.29 is 29.4 Å². The number of carboxylic acids is 2. The summed E-state index contributed by atoms with van der Waals surface area (Å²) in [5, 5.41) is 21.1. The summed E-state index contributed by atoms with van der Waals surface area (Å²) >= 11 is 0. The van der Waals surface area contributed by atoms with Gasteiger partial charge in [-0.1, -0.05) is 30.3 Å². The molecule has 2 aromatic heterocycles. The second-order valence-corrected chi connectivity index (χ2v) is 12.2. The van der Waals surface area contributed by atoms with Crippen molar-refractivity contribution in [3.05, 3.63) is 99.6 Å². The number of fused-ring (bicyclic) bond motifs is 2. The fraction of sp³-hybridized carbons (Fsp3) is 0.314. The Balaban J connectivity index is 1.16. The summed E-state index contributed by atoms with van der Waals surface area (Å²) < 4.78 is 0. The maximum Gasteiger partial charge on any atom is 0.317 e. The van der Waals surface area contributed by atoms with E-state index in [9.17, 15) is 19.2 Å². The number of aliphatic carboxylic acids is 2. The number of nitrogens with zero attached hydrogens (tertiary/aromatic N) is 6. The Bertz CT molecular complexity index is 1810. The minimum absolute atomic E-state index is 0.0453. The van der Waals surface area contributed by atoms with Gasteiger partial charge in [-0.3, -0.25) is 29.0 Å². The Hall–Kier alpha value is -5.40. The fourth-order valence-electron chi connectivity index (χ4n) is 6.31. The van der Waals surface area contributed by atoms with Crippen LogP contribution in [0.5, 0.6) is 0 Å². The van der Waals surface area contributed by atoms with Crippen LogP contribution in [0.25, 0.3) is 11.1 Å². The molecule has 0 aliphatic carbocycles. The first-order chi connectivity index (χ1) is 23.0. The number of carboxylic acid groups (broad SMARTS) is 2. The minimum Gasteiger partial charge on any atom is -0.480 e. The summed E-state index contributed by atoms with van der Waals surface area (Å²) in [5.74, 6) is -2.23. The summed E-state index contributed by atoms with van der Waals surface area (Å²) in [7, 11) is 0. The highest BCUT2D eigenvalue weighted by atomic mass is 16.4. The average Bonchev–Trinajstić information content (AvgIpc) is 3.05. The van der Waals surface area contributed by atoms with Gasteiger partial charge in [0.15, 0.2) is 5.82 Å². The predicted octanol–water partition coefficient (Wildman–Crippen LogP) is 3.11.